The summed E-state index contributed by atoms with van der Waals surface area (Å²) in [4.78, 5) is 0. The van der Waals surface area contributed by atoms with Gasteiger partial charge in [0.15, 0.2) is 14.5 Å². The summed E-state index contributed by atoms with van der Waals surface area (Å²) in [6.07, 6.45) is -0.590. The minimum atomic E-state index is -3.16. The minimum Gasteiger partial charge on any atom is -0.390 e. The molecule has 0 aromatic rings. The van der Waals surface area contributed by atoms with Gasteiger partial charge in [0, 0.05) is 0 Å². The van der Waals surface area contributed by atoms with Gasteiger partial charge in [-0.2, -0.15) is 0 Å². The van der Waals surface area contributed by atoms with E-state index in [1.807, 2.05) is 0 Å². The van der Waals surface area contributed by atoms with Crippen LogP contribution in [0.4, 0.5) is 0 Å². The molecule has 5 heteroatoms. The lowest BCUT2D eigenvalue weighted by Crippen LogP contribution is -2.18. The molecule has 1 aliphatic heterocycles. The van der Waals surface area contributed by atoms with E-state index in [1.165, 1.54) is 0 Å². The van der Waals surface area contributed by atoms with Gasteiger partial charge >= 0.3 is 0 Å². The highest BCUT2D eigenvalue weighted by Gasteiger charge is 2.37. The second-order valence-corrected chi connectivity index (χ2v) is 5.04. The first-order valence-electron chi connectivity index (χ1n) is 2.58. The van der Waals surface area contributed by atoms with Crippen molar-refractivity contribution in [3.05, 3.63) is 0 Å². The minimum absolute atomic E-state index is 0.0162. The van der Waals surface area contributed by atoms with Crippen LogP contribution in [-0.4, -0.2) is 30.1 Å². The lowest BCUT2D eigenvalue weighted by Gasteiger charge is -2.01. The smallest absolute Gasteiger partial charge is 0.169 e. The molecule has 1 aliphatic rings. The molecule has 1 saturated heterocycles. The molecule has 54 valence electrons. The zero-order valence-electron chi connectivity index (χ0n) is 4.62. The monoisotopic (exact) mass is 170 g/mol. The Morgan fingerprint density at radius 1 is 1.56 bits per heavy atom. The number of aliphatic hydroxyl groups excluding tert-OH is 1. The summed E-state index contributed by atoms with van der Waals surface area (Å²) in [5.41, 5.74) is 0. The van der Waals surface area contributed by atoms with Crippen LogP contribution in [0.2, 0.25) is 0 Å². The molecule has 0 aromatic heterocycles. The van der Waals surface area contributed by atoms with Crippen molar-refractivity contribution < 1.29 is 13.5 Å². The predicted octanol–water partition coefficient (Wildman–Crippen LogP) is -0.269. The van der Waals surface area contributed by atoms with Crippen molar-refractivity contribution in [2.75, 3.05) is 5.75 Å². The average molecular weight is 171 g/mol. The van der Waals surface area contributed by atoms with Crippen LogP contribution in [0.1, 0.15) is 6.42 Å². The summed E-state index contributed by atoms with van der Waals surface area (Å²) in [6, 6.07) is 0. The van der Waals surface area contributed by atoms with Gasteiger partial charge in [-0.3, -0.25) is 0 Å². The molecule has 0 unspecified atom stereocenters. The zero-order chi connectivity index (χ0) is 7.07. The molecule has 0 aliphatic carbocycles. The Balaban J connectivity index is 2.87. The normalized spacial score (nSPS) is 41.1. The maximum Gasteiger partial charge on any atom is 0.169 e. The van der Waals surface area contributed by atoms with Gasteiger partial charge in [-0.15, -0.1) is 11.6 Å². The number of rotatable bonds is 0. The first-order valence-corrected chi connectivity index (χ1v) is 4.73. The van der Waals surface area contributed by atoms with Gasteiger partial charge in [0.2, 0.25) is 0 Å². The third-order valence-electron chi connectivity index (χ3n) is 1.34. The highest BCUT2D eigenvalue weighted by atomic mass is 35.5. The summed E-state index contributed by atoms with van der Waals surface area (Å²) in [5, 5.41) is 8.82. The second kappa shape index (κ2) is 2.11. The molecule has 0 aromatic carbocycles. The van der Waals surface area contributed by atoms with Crippen LogP contribution in [0.15, 0.2) is 0 Å². The SMILES string of the molecule is O=S1(=O)CC[C@H](O)[C@H]1Cl. The van der Waals surface area contributed by atoms with Crippen LogP contribution in [0.3, 0.4) is 0 Å². The summed E-state index contributed by atoms with van der Waals surface area (Å²) in [5.74, 6) is 0.0162. The van der Waals surface area contributed by atoms with Crippen LogP contribution in [-0.2, 0) is 9.84 Å². The van der Waals surface area contributed by atoms with E-state index in [4.69, 9.17) is 16.7 Å². The average Bonchev–Trinajstić information content (AvgIpc) is 1.97. The number of hydrogen-bond acceptors (Lipinski definition) is 3. The first-order chi connectivity index (χ1) is 4.04. The number of halogens is 1. The fourth-order valence-corrected chi connectivity index (χ4v) is 2.57. The molecule has 0 bridgehead atoms. The van der Waals surface area contributed by atoms with Gasteiger partial charge in [0.1, 0.15) is 0 Å². The number of hydrogen-bond donors (Lipinski definition) is 1. The maximum atomic E-state index is 10.7. The summed E-state index contributed by atoms with van der Waals surface area (Å²) in [7, 11) is -3.16. The Bertz CT molecular complexity index is 198. The molecular weight excluding hydrogens is 164 g/mol. The fourth-order valence-electron chi connectivity index (χ4n) is 0.768. The Morgan fingerprint density at radius 3 is 2.22 bits per heavy atom. The second-order valence-electron chi connectivity index (χ2n) is 2.07. The predicted molar refractivity (Wildman–Crippen MR) is 34.1 cm³/mol. The Labute approximate surface area is 58.6 Å². The summed E-state index contributed by atoms with van der Waals surface area (Å²) in [6.45, 7) is 0. The third kappa shape index (κ3) is 1.20. The van der Waals surface area contributed by atoms with E-state index < -0.39 is 20.7 Å². The van der Waals surface area contributed by atoms with E-state index in [2.05, 4.69) is 0 Å². The van der Waals surface area contributed by atoms with Crippen LogP contribution in [0.25, 0.3) is 0 Å². The van der Waals surface area contributed by atoms with E-state index >= 15 is 0 Å². The van der Waals surface area contributed by atoms with Crippen LogP contribution in [0.5, 0.6) is 0 Å². The molecule has 0 amide bonds. The van der Waals surface area contributed by atoms with E-state index in [1.54, 1.807) is 0 Å². The number of alkyl halides is 1. The topological polar surface area (TPSA) is 54.4 Å². The van der Waals surface area contributed by atoms with Crippen LogP contribution in [0, 0.1) is 0 Å². The van der Waals surface area contributed by atoms with Gasteiger partial charge in [-0.1, -0.05) is 0 Å². The van der Waals surface area contributed by atoms with Crippen molar-refractivity contribution in [2.45, 2.75) is 17.2 Å². The summed E-state index contributed by atoms with van der Waals surface area (Å²) >= 11 is 5.32. The molecule has 9 heavy (non-hydrogen) atoms. The van der Waals surface area contributed by atoms with Gasteiger partial charge < -0.3 is 5.11 Å². The van der Waals surface area contributed by atoms with Gasteiger partial charge in [-0.05, 0) is 6.42 Å². The van der Waals surface area contributed by atoms with E-state index in [0.29, 0.717) is 0 Å². The van der Waals surface area contributed by atoms with E-state index in [-0.39, 0.29) is 12.2 Å². The molecule has 1 fully saturated rings. The molecule has 0 radical (unpaired) electrons. The highest BCUT2D eigenvalue weighted by Crippen LogP contribution is 2.23. The first kappa shape index (κ1) is 7.31. The van der Waals surface area contributed by atoms with Gasteiger partial charge in [-0.25, -0.2) is 8.42 Å². The van der Waals surface area contributed by atoms with Crippen LogP contribution >= 0.6 is 11.6 Å². The lowest BCUT2D eigenvalue weighted by atomic mass is 10.3. The molecule has 0 saturated carbocycles. The fraction of sp³-hybridized carbons (Fsp3) is 1.00. The molecule has 2 atom stereocenters. The molecule has 0 spiro atoms. The van der Waals surface area contributed by atoms with Crippen molar-refractivity contribution in [3.8, 4) is 0 Å². The van der Waals surface area contributed by atoms with Crippen LogP contribution < -0.4 is 0 Å². The van der Waals surface area contributed by atoms with Crippen molar-refractivity contribution >= 4 is 21.4 Å². The van der Waals surface area contributed by atoms with Crippen molar-refractivity contribution in [1.29, 1.82) is 0 Å². The quantitative estimate of drug-likeness (QED) is 0.510. The number of sulfone groups is 1. The summed E-state index contributed by atoms with van der Waals surface area (Å²) < 4.78 is 20.3. The molecule has 1 N–H and O–H groups in total. The van der Waals surface area contributed by atoms with E-state index in [9.17, 15) is 8.42 Å². The highest BCUT2D eigenvalue weighted by molar-refractivity contribution is 7.93. The molecule has 1 rings (SSSR count). The Morgan fingerprint density at radius 2 is 2.11 bits per heavy atom. The lowest BCUT2D eigenvalue weighted by molar-refractivity contribution is 0.193. The van der Waals surface area contributed by atoms with Gasteiger partial charge in [0.05, 0.1) is 11.9 Å². The Hall–Kier alpha value is 0.200. The number of aliphatic hydroxyl groups is 1. The standard InChI is InChI=1S/C4H7ClO3S/c5-4-3(6)1-2-9(4,7)8/h3-4,6H,1-2H2/t3-,4-/m0/s1. The molecule has 3 nitrogen and oxygen atoms in total. The molecule has 1 heterocycles. The van der Waals surface area contributed by atoms with E-state index in [0.717, 1.165) is 0 Å². The largest absolute Gasteiger partial charge is 0.390 e. The zero-order valence-corrected chi connectivity index (χ0v) is 6.19. The van der Waals surface area contributed by atoms with Crippen molar-refractivity contribution in [2.24, 2.45) is 0 Å². The molecular formula is C4H7ClO3S. The van der Waals surface area contributed by atoms with Crippen molar-refractivity contribution in [3.63, 3.8) is 0 Å². The maximum absolute atomic E-state index is 10.7. The van der Waals surface area contributed by atoms with Gasteiger partial charge in [0.25, 0.3) is 0 Å². The third-order valence-corrected chi connectivity index (χ3v) is 4.25. The Kier molecular flexibility index (Phi) is 1.71. The van der Waals surface area contributed by atoms with Crippen molar-refractivity contribution in [1.82, 2.24) is 0 Å².